The van der Waals surface area contributed by atoms with Crippen molar-refractivity contribution in [2.75, 3.05) is 26.7 Å². The van der Waals surface area contributed by atoms with Gasteiger partial charge in [-0.3, -0.25) is 4.79 Å². The van der Waals surface area contributed by atoms with Crippen molar-refractivity contribution in [2.45, 2.75) is 25.8 Å². The van der Waals surface area contributed by atoms with E-state index < -0.39 is 12.3 Å². The molecule has 1 saturated heterocycles. The first-order chi connectivity index (χ1) is 6.52. The van der Waals surface area contributed by atoms with E-state index in [9.17, 15) is 13.6 Å². The highest BCUT2D eigenvalue weighted by molar-refractivity contribution is 5.79. The van der Waals surface area contributed by atoms with Crippen molar-refractivity contribution in [1.29, 1.82) is 0 Å². The van der Waals surface area contributed by atoms with Gasteiger partial charge in [0.05, 0.1) is 0 Å². The average molecular weight is 206 g/mol. The van der Waals surface area contributed by atoms with Crippen LogP contribution in [0.5, 0.6) is 0 Å². The van der Waals surface area contributed by atoms with Crippen LogP contribution in [0.4, 0.5) is 8.78 Å². The van der Waals surface area contributed by atoms with Gasteiger partial charge in [0.2, 0.25) is 0 Å². The number of hydrogen-bond acceptors (Lipinski definition) is 2. The molecule has 1 unspecified atom stereocenters. The largest absolute Gasteiger partial charge is 0.334 e. The molecule has 1 rings (SSSR count). The Morgan fingerprint density at radius 3 is 2.64 bits per heavy atom. The Balaban J connectivity index is 2.63. The molecule has 0 aromatic rings. The summed E-state index contributed by atoms with van der Waals surface area (Å²) in [6.45, 7) is 3.77. The van der Waals surface area contributed by atoms with Gasteiger partial charge in [0.15, 0.2) is 0 Å². The zero-order valence-corrected chi connectivity index (χ0v) is 8.54. The molecule has 1 aliphatic heterocycles. The summed E-state index contributed by atoms with van der Waals surface area (Å²) in [6, 6.07) is -0.121. The lowest BCUT2D eigenvalue weighted by atomic mass is 10.2. The molecule has 1 heterocycles. The van der Waals surface area contributed by atoms with E-state index in [0.29, 0.717) is 13.1 Å². The third kappa shape index (κ3) is 2.64. The van der Waals surface area contributed by atoms with Gasteiger partial charge in [-0.05, 0) is 26.9 Å². The van der Waals surface area contributed by atoms with E-state index in [0.717, 1.165) is 13.0 Å². The molecule has 0 spiro atoms. The molecule has 0 saturated carbocycles. The van der Waals surface area contributed by atoms with E-state index in [-0.39, 0.29) is 6.04 Å². The van der Waals surface area contributed by atoms with E-state index in [2.05, 4.69) is 4.90 Å². The van der Waals surface area contributed by atoms with E-state index >= 15 is 0 Å². The topological polar surface area (TPSA) is 23.6 Å². The molecule has 5 heteroatoms. The quantitative estimate of drug-likeness (QED) is 0.633. The maximum atomic E-state index is 12.2. The van der Waals surface area contributed by atoms with Crippen LogP contribution >= 0.6 is 0 Å². The second-order valence-corrected chi connectivity index (χ2v) is 3.80. The van der Waals surface area contributed by atoms with Crippen molar-refractivity contribution in [3.8, 4) is 0 Å². The lowest BCUT2D eigenvalue weighted by Gasteiger charge is -2.27. The molecule has 3 nitrogen and oxygen atoms in total. The average Bonchev–Trinajstić information content (AvgIpc) is 2.25. The van der Waals surface area contributed by atoms with Gasteiger partial charge in [-0.2, -0.15) is 8.78 Å². The fraction of sp³-hybridized carbons (Fsp3) is 0.889. The molecule has 0 radical (unpaired) electrons. The van der Waals surface area contributed by atoms with Crippen molar-refractivity contribution in [3.05, 3.63) is 0 Å². The molecule has 1 atom stereocenters. The molecule has 1 amide bonds. The SMILES string of the molecule is CC1CN(C)CCCN1C(=O)C(F)F. The number of likely N-dealkylation sites (N-methyl/N-ethyl adjacent to an activating group) is 1. The Bertz CT molecular complexity index is 211. The number of carbonyl (C=O) groups is 1. The Hall–Kier alpha value is -0.710. The second kappa shape index (κ2) is 4.68. The predicted molar refractivity (Wildman–Crippen MR) is 49.3 cm³/mol. The molecule has 0 aromatic heterocycles. The van der Waals surface area contributed by atoms with Crippen molar-refractivity contribution in [1.82, 2.24) is 9.80 Å². The summed E-state index contributed by atoms with van der Waals surface area (Å²) in [6.07, 6.45) is -2.11. The molecule has 0 N–H and O–H groups in total. The van der Waals surface area contributed by atoms with Crippen LogP contribution < -0.4 is 0 Å². The first-order valence-electron chi connectivity index (χ1n) is 4.79. The van der Waals surface area contributed by atoms with E-state index in [1.165, 1.54) is 4.90 Å². The molecule has 0 aromatic carbocycles. The number of amides is 1. The summed E-state index contributed by atoms with van der Waals surface area (Å²) in [7, 11) is 1.94. The van der Waals surface area contributed by atoms with Gasteiger partial charge in [0, 0.05) is 19.1 Å². The molecular weight excluding hydrogens is 190 g/mol. The Morgan fingerprint density at radius 2 is 2.07 bits per heavy atom. The van der Waals surface area contributed by atoms with Crippen molar-refractivity contribution in [3.63, 3.8) is 0 Å². The van der Waals surface area contributed by atoms with Gasteiger partial charge in [-0.15, -0.1) is 0 Å². The lowest BCUT2D eigenvalue weighted by Crippen LogP contribution is -2.44. The van der Waals surface area contributed by atoms with Gasteiger partial charge >= 0.3 is 6.43 Å². The highest BCUT2D eigenvalue weighted by Crippen LogP contribution is 2.11. The van der Waals surface area contributed by atoms with Crippen LogP contribution in [0.25, 0.3) is 0 Å². The van der Waals surface area contributed by atoms with Gasteiger partial charge in [0.25, 0.3) is 5.91 Å². The highest BCUT2D eigenvalue weighted by atomic mass is 19.3. The molecule has 82 valence electrons. The summed E-state index contributed by atoms with van der Waals surface area (Å²) in [5.74, 6) is -1.03. The van der Waals surface area contributed by atoms with Gasteiger partial charge in [-0.25, -0.2) is 0 Å². The second-order valence-electron chi connectivity index (χ2n) is 3.80. The maximum absolute atomic E-state index is 12.2. The van der Waals surface area contributed by atoms with E-state index in [1.54, 1.807) is 0 Å². The van der Waals surface area contributed by atoms with Crippen molar-refractivity contribution in [2.24, 2.45) is 0 Å². The summed E-state index contributed by atoms with van der Waals surface area (Å²) >= 11 is 0. The monoisotopic (exact) mass is 206 g/mol. The van der Waals surface area contributed by atoms with Crippen LogP contribution in [-0.2, 0) is 4.79 Å². The first-order valence-corrected chi connectivity index (χ1v) is 4.79. The highest BCUT2D eigenvalue weighted by Gasteiger charge is 2.29. The van der Waals surface area contributed by atoms with E-state index in [4.69, 9.17) is 0 Å². The van der Waals surface area contributed by atoms with Crippen LogP contribution in [0.2, 0.25) is 0 Å². The van der Waals surface area contributed by atoms with Crippen LogP contribution in [0.15, 0.2) is 0 Å². The van der Waals surface area contributed by atoms with Gasteiger partial charge in [0.1, 0.15) is 0 Å². The molecule has 0 bridgehead atoms. The minimum Gasteiger partial charge on any atom is -0.334 e. The zero-order valence-electron chi connectivity index (χ0n) is 8.54. The third-order valence-electron chi connectivity index (χ3n) is 2.52. The normalized spacial score (nSPS) is 25.2. The Morgan fingerprint density at radius 1 is 1.43 bits per heavy atom. The minimum absolute atomic E-state index is 0.121. The number of halogens is 2. The van der Waals surface area contributed by atoms with Crippen molar-refractivity contribution < 1.29 is 13.6 Å². The third-order valence-corrected chi connectivity index (χ3v) is 2.52. The van der Waals surface area contributed by atoms with Crippen LogP contribution in [-0.4, -0.2) is 54.9 Å². The number of hydrogen-bond donors (Lipinski definition) is 0. The molecule has 0 aliphatic carbocycles. The summed E-state index contributed by atoms with van der Waals surface area (Å²) in [5.41, 5.74) is 0. The summed E-state index contributed by atoms with van der Waals surface area (Å²) in [4.78, 5) is 14.5. The van der Waals surface area contributed by atoms with Gasteiger partial charge < -0.3 is 9.80 Å². The Kier molecular flexibility index (Phi) is 3.80. The van der Waals surface area contributed by atoms with Crippen LogP contribution in [0, 0.1) is 0 Å². The smallest absolute Gasteiger partial charge is 0.315 e. The predicted octanol–water partition coefficient (Wildman–Crippen LogP) is 0.804. The van der Waals surface area contributed by atoms with Crippen LogP contribution in [0.1, 0.15) is 13.3 Å². The fourth-order valence-electron chi connectivity index (χ4n) is 1.83. The van der Waals surface area contributed by atoms with E-state index in [1.807, 2.05) is 14.0 Å². The molecule has 1 fully saturated rings. The molecule has 14 heavy (non-hydrogen) atoms. The number of alkyl halides is 2. The standard InChI is InChI=1S/C9H16F2N2O/c1-7-6-12(2)4-3-5-13(7)9(14)8(10)11/h7-8H,3-6H2,1-2H3. The lowest BCUT2D eigenvalue weighted by molar-refractivity contribution is -0.144. The molecular formula is C9H16F2N2O. The number of carbonyl (C=O) groups excluding carboxylic acids is 1. The van der Waals surface area contributed by atoms with Gasteiger partial charge in [-0.1, -0.05) is 0 Å². The molecule has 1 aliphatic rings. The minimum atomic E-state index is -2.87. The van der Waals surface area contributed by atoms with Crippen molar-refractivity contribution >= 4 is 5.91 Å². The first kappa shape index (κ1) is 11.4. The summed E-state index contributed by atoms with van der Waals surface area (Å²) in [5, 5.41) is 0. The maximum Gasteiger partial charge on any atom is 0.315 e. The number of nitrogens with zero attached hydrogens (tertiary/aromatic N) is 2. The fourth-order valence-corrected chi connectivity index (χ4v) is 1.83. The Labute approximate surface area is 82.7 Å². The van der Waals surface area contributed by atoms with Crippen LogP contribution in [0.3, 0.4) is 0 Å². The zero-order chi connectivity index (χ0) is 10.7. The summed E-state index contributed by atoms with van der Waals surface area (Å²) < 4.78 is 24.4. The number of rotatable bonds is 1.